The minimum absolute atomic E-state index is 0.0588. The third-order valence-corrected chi connectivity index (χ3v) is 3.20. The Bertz CT molecular complexity index is 647. The molecule has 0 saturated heterocycles. The molecule has 0 N–H and O–H groups in total. The number of carbonyl (C=O) groups is 1. The molecule has 0 aliphatic heterocycles. The van der Waals surface area contributed by atoms with Crippen LogP contribution < -0.4 is 10.5 Å². The van der Waals surface area contributed by atoms with E-state index in [1.807, 2.05) is 37.3 Å². The molecule has 4 heteroatoms. The quantitative estimate of drug-likeness (QED) is 0.854. The highest BCUT2D eigenvalue weighted by Crippen LogP contribution is 2.13. The number of hydrogen-bond donors (Lipinski definition) is 0. The number of aryl methyl sites for hydroxylation is 1. The Hall–Kier alpha value is -2.36. The molecule has 0 aliphatic carbocycles. The predicted octanol–water partition coefficient (Wildman–Crippen LogP) is 2.21. The fourth-order valence-corrected chi connectivity index (χ4v) is 2.12. The molecule has 1 amide bonds. The van der Waals surface area contributed by atoms with Gasteiger partial charge in [0, 0.05) is 24.0 Å². The SMILES string of the molecule is CCN(C(=O)Cn1cccc(C)c1=O)c1ccccc1. The molecule has 4 nitrogen and oxygen atoms in total. The Balaban J connectivity index is 2.23. The van der Waals surface area contributed by atoms with Gasteiger partial charge in [0.05, 0.1) is 0 Å². The number of anilines is 1. The van der Waals surface area contributed by atoms with Gasteiger partial charge in [-0.3, -0.25) is 9.59 Å². The number of para-hydroxylation sites is 1. The maximum Gasteiger partial charge on any atom is 0.253 e. The van der Waals surface area contributed by atoms with E-state index in [2.05, 4.69) is 0 Å². The van der Waals surface area contributed by atoms with E-state index < -0.39 is 0 Å². The topological polar surface area (TPSA) is 42.3 Å². The first-order valence-electron chi connectivity index (χ1n) is 6.65. The summed E-state index contributed by atoms with van der Waals surface area (Å²) in [5.74, 6) is -0.0913. The third-order valence-electron chi connectivity index (χ3n) is 3.20. The zero-order valence-electron chi connectivity index (χ0n) is 11.7. The van der Waals surface area contributed by atoms with Crippen molar-refractivity contribution in [2.75, 3.05) is 11.4 Å². The molecular weight excluding hydrogens is 252 g/mol. The van der Waals surface area contributed by atoms with Gasteiger partial charge >= 0.3 is 0 Å². The van der Waals surface area contributed by atoms with Crippen LogP contribution in [0.2, 0.25) is 0 Å². The van der Waals surface area contributed by atoms with Crippen LogP contribution in [0.1, 0.15) is 12.5 Å². The number of rotatable bonds is 4. The molecule has 1 heterocycles. The molecule has 0 bridgehead atoms. The summed E-state index contributed by atoms with van der Waals surface area (Å²) in [6.45, 7) is 4.30. The highest BCUT2D eigenvalue weighted by molar-refractivity contribution is 5.93. The van der Waals surface area contributed by atoms with Crippen molar-refractivity contribution >= 4 is 11.6 Å². The number of benzene rings is 1. The van der Waals surface area contributed by atoms with Crippen molar-refractivity contribution in [2.45, 2.75) is 20.4 Å². The number of nitrogens with zero attached hydrogens (tertiary/aromatic N) is 2. The maximum atomic E-state index is 12.4. The molecule has 0 fully saturated rings. The maximum absolute atomic E-state index is 12.4. The molecule has 104 valence electrons. The number of pyridine rings is 1. The van der Waals surface area contributed by atoms with Gasteiger partial charge in [-0.15, -0.1) is 0 Å². The van der Waals surface area contributed by atoms with Crippen molar-refractivity contribution in [1.82, 2.24) is 4.57 Å². The summed E-state index contributed by atoms with van der Waals surface area (Å²) in [6.07, 6.45) is 1.64. The second-order valence-corrected chi connectivity index (χ2v) is 4.60. The lowest BCUT2D eigenvalue weighted by Gasteiger charge is -2.21. The van der Waals surface area contributed by atoms with Gasteiger partial charge in [-0.1, -0.05) is 24.3 Å². The van der Waals surface area contributed by atoms with E-state index >= 15 is 0 Å². The number of likely N-dealkylation sites (N-methyl/N-ethyl adjacent to an activating group) is 1. The zero-order valence-corrected chi connectivity index (χ0v) is 11.7. The van der Waals surface area contributed by atoms with Crippen molar-refractivity contribution in [1.29, 1.82) is 0 Å². The van der Waals surface area contributed by atoms with Crippen LogP contribution in [0.25, 0.3) is 0 Å². The van der Waals surface area contributed by atoms with Crippen LogP contribution in [0.4, 0.5) is 5.69 Å². The fourth-order valence-electron chi connectivity index (χ4n) is 2.12. The van der Waals surface area contributed by atoms with Gasteiger partial charge in [-0.05, 0) is 32.0 Å². The summed E-state index contributed by atoms with van der Waals surface area (Å²) >= 11 is 0. The first-order chi connectivity index (χ1) is 9.63. The molecule has 2 aromatic rings. The zero-order chi connectivity index (χ0) is 14.5. The predicted molar refractivity (Wildman–Crippen MR) is 79.9 cm³/mol. The summed E-state index contributed by atoms with van der Waals surface area (Å²) in [6, 6.07) is 13.0. The standard InChI is InChI=1S/C16H18N2O2/c1-3-18(14-9-5-4-6-10-14)15(19)12-17-11-7-8-13(2)16(17)20/h4-11H,3,12H2,1-2H3. The van der Waals surface area contributed by atoms with E-state index in [1.165, 1.54) is 4.57 Å². The lowest BCUT2D eigenvalue weighted by molar-refractivity contribution is -0.119. The average Bonchev–Trinajstić information content (AvgIpc) is 2.46. The Labute approximate surface area is 118 Å². The van der Waals surface area contributed by atoms with Crippen LogP contribution in [0.15, 0.2) is 53.5 Å². The molecule has 0 radical (unpaired) electrons. The molecule has 0 unspecified atom stereocenters. The Kier molecular flexibility index (Phi) is 4.35. The molecule has 1 aromatic carbocycles. The van der Waals surface area contributed by atoms with E-state index in [9.17, 15) is 9.59 Å². The fraction of sp³-hybridized carbons (Fsp3) is 0.250. The number of hydrogen-bond acceptors (Lipinski definition) is 2. The van der Waals surface area contributed by atoms with Gasteiger partial charge in [0.2, 0.25) is 5.91 Å². The summed E-state index contributed by atoms with van der Waals surface area (Å²) < 4.78 is 1.45. The highest BCUT2D eigenvalue weighted by atomic mass is 16.2. The smallest absolute Gasteiger partial charge is 0.253 e. The van der Waals surface area contributed by atoms with Crippen molar-refractivity contribution < 1.29 is 4.79 Å². The molecule has 20 heavy (non-hydrogen) atoms. The summed E-state index contributed by atoms with van der Waals surface area (Å²) in [7, 11) is 0. The van der Waals surface area contributed by atoms with Crippen molar-refractivity contribution in [2.24, 2.45) is 0 Å². The average molecular weight is 270 g/mol. The van der Waals surface area contributed by atoms with Crippen LogP contribution in [0.3, 0.4) is 0 Å². The molecule has 0 saturated carbocycles. The van der Waals surface area contributed by atoms with Gasteiger partial charge in [-0.2, -0.15) is 0 Å². The van der Waals surface area contributed by atoms with Gasteiger partial charge in [-0.25, -0.2) is 0 Å². The molecule has 2 rings (SSSR count). The molecule has 0 spiro atoms. The van der Waals surface area contributed by atoms with Gasteiger partial charge in [0.15, 0.2) is 0 Å². The number of amides is 1. The first kappa shape index (κ1) is 14.1. The van der Waals surface area contributed by atoms with E-state index in [0.717, 1.165) is 5.69 Å². The van der Waals surface area contributed by atoms with E-state index in [0.29, 0.717) is 12.1 Å². The summed E-state index contributed by atoms with van der Waals surface area (Å²) in [5.41, 5.74) is 1.37. The summed E-state index contributed by atoms with van der Waals surface area (Å²) in [5, 5.41) is 0. The van der Waals surface area contributed by atoms with Gasteiger partial charge in [0.1, 0.15) is 6.54 Å². The largest absolute Gasteiger partial charge is 0.311 e. The second kappa shape index (κ2) is 6.19. The monoisotopic (exact) mass is 270 g/mol. The van der Waals surface area contributed by atoms with Gasteiger partial charge in [0.25, 0.3) is 5.56 Å². The summed E-state index contributed by atoms with van der Waals surface area (Å²) in [4.78, 5) is 26.0. The van der Waals surface area contributed by atoms with Crippen LogP contribution in [-0.2, 0) is 11.3 Å². The van der Waals surface area contributed by atoms with Crippen LogP contribution in [-0.4, -0.2) is 17.0 Å². The van der Waals surface area contributed by atoms with Crippen LogP contribution >= 0.6 is 0 Å². The molecule has 0 aliphatic rings. The number of aromatic nitrogens is 1. The molecular formula is C16H18N2O2. The number of carbonyl (C=O) groups excluding carboxylic acids is 1. The van der Waals surface area contributed by atoms with E-state index in [4.69, 9.17) is 0 Å². The Morgan fingerprint density at radius 2 is 1.85 bits per heavy atom. The van der Waals surface area contributed by atoms with Crippen molar-refractivity contribution in [3.8, 4) is 0 Å². The Morgan fingerprint density at radius 1 is 1.15 bits per heavy atom. The normalized spacial score (nSPS) is 10.3. The second-order valence-electron chi connectivity index (χ2n) is 4.60. The van der Waals surface area contributed by atoms with Crippen molar-refractivity contribution in [3.63, 3.8) is 0 Å². The van der Waals surface area contributed by atoms with E-state index in [-0.39, 0.29) is 18.0 Å². The molecule has 1 aromatic heterocycles. The van der Waals surface area contributed by atoms with E-state index in [1.54, 1.807) is 30.2 Å². The lowest BCUT2D eigenvalue weighted by Crippen LogP contribution is -2.36. The van der Waals surface area contributed by atoms with Crippen molar-refractivity contribution in [3.05, 3.63) is 64.6 Å². The third kappa shape index (κ3) is 2.96. The van der Waals surface area contributed by atoms with Crippen LogP contribution in [0, 0.1) is 6.92 Å². The van der Waals surface area contributed by atoms with Gasteiger partial charge < -0.3 is 9.47 Å². The minimum atomic E-state index is -0.120. The first-order valence-corrected chi connectivity index (χ1v) is 6.65. The lowest BCUT2D eigenvalue weighted by atomic mass is 10.2. The minimum Gasteiger partial charge on any atom is -0.311 e. The Morgan fingerprint density at radius 3 is 2.50 bits per heavy atom. The molecule has 0 atom stereocenters. The van der Waals surface area contributed by atoms with Crippen LogP contribution in [0.5, 0.6) is 0 Å². The highest BCUT2D eigenvalue weighted by Gasteiger charge is 2.14.